The van der Waals surface area contributed by atoms with Crippen molar-refractivity contribution in [1.29, 1.82) is 0 Å². The molecule has 4 rings (SSSR count). The van der Waals surface area contributed by atoms with Crippen LogP contribution in [0.3, 0.4) is 0 Å². The number of benzene rings is 4. The van der Waals surface area contributed by atoms with Crippen LogP contribution >= 0.6 is 0 Å². The maximum Gasteiger partial charge on any atom is 0.165 e. The van der Waals surface area contributed by atoms with Crippen molar-refractivity contribution in [2.24, 2.45) is 0 Å². The summed E-state index contributed by atoms with van der Waals surface area (Å²) < 4.78 is 28.7. The monoisotopic (exact) mass is 543 g/mol. The minimum absolute atomic E-state index is 0.145. The highest BCUT2D eigenvalue weighted by atomic mass is 16.5. The molecule has 0 radical (unpaired) electrons. The summed E-state index contributed by atoms with van der Waals surface area (Å²) in [6.07, 6.45) is 0.119. The first kappa shape index (κ1) is 28.8. The molecule has 0 saturated carbocycles. The Labute approximate surface area is 236 Å². The summed E-state index contributed by atoms with van der Waals surface area (Å²) >= 11 is 0. The van der Waals surface area contributed by atoms with E-state index >= 15 is 0 Å². The first-order valence-corrected chi connectivity index (χ1v) is 13.3. The molecule has 0 fully saturated rings. The molecule has 40 heavy (non-hydrogen) atoms. The maximum absolute atomic E-state index is 10.5. The van der Waals surface area contributed by atoms with Crippen LogP contribution in [0.1, 0.15) is 16.7 Å². The predicted molar refractivity (Wildman–Crippen MR) is 156 cm³/mol. The van der Waals surface area contributed by atoms with E-state index in [0.29, 0.717) is 55.1 Å². The fourth-order valence-electron chi connectivity index (χ4n) is 4.07. The van der Waals surface area contributed by atoms with E-state index in [0.717, 1.165) is 23.1 Å². The summed E-state index contributed by atoms with van der Waals surface area (Å²) in [5.74, 6) is 3.22. The van der Waals surface area contributed by atoms with Gasteiger partial charge in [0.15, 0.2) is 23.0 Å². The Kier molecular flexibility index (Phi) is 11.1. The van der Waals surface area contributed by atoms with Gasteiger partial charge in [-0.1, -0.05) is 66.7 Å². The molecule has 7 heteroatoms. The third-order valence-electron chi connectivity index (χ3n) is 6.25. The molecule has 0 aromatic heterocycles. The molecule has 0 bridgehead atoms. The normalized spacial score (nSPS) is 11.5. The van der Waals surface area contributed by atoms with E-state index < -0.39 is 6.10 Å². The van der Waals surface area contributed by atoms with Crippen molar-refractivity contribution in [3.63, 3.8) is 0 Å². The summed E-state index contributed by atoms with van der Waals surface area (Å²) in [6.45, 7) is 2.08. The Morgan fingerprint density at radius 2 is 1.25 bits per heavy atom. The third kappa shape index (κ3) is 8.93. The van der Waals surface area contributed by atoms with Crippen LogP contribution in [0, 0.1) is 0 Å². The Morgan fingerprint density at radius 1 is 0.625 bits per heavy atom. The number of aliphatic hydroxyl groups is 1. The molecule has 0 aliphatic carbocycles. The molecular formula is C33H37NO6. The third-order valence-corrected chi connectivity index (χ3v) is 6.25. The molecule has 7 nitrogen and oxygen atoms in total. The van der Waals surface area contributed by atoms with Gasteiger partial charge >= 0.3 is 0 Å². The van der Waals surface area contributed by atoms with Crippen LogP contribution in [-0.2, 0) is 19.6 Å². The standard InChI is InChI=1S/C33H37NO6/c1-36-30-15-13-25(19-32(30)37-2)17-18-34-21-28(35)24-38-29-14-16-31(39-22-26-9-5-3-6-10-26)33(20-29)40-23-27-11-7-4-8-12-27/h3-16,19-20,28,34-35H,17-18,21-24H2,1-2H3/t28-/m0/s1. The molecule has 0 aliphatic heterocycles. The van der Waals surface area contributed by atoms with Crippen LogP contribution < -0.4 is 29.0 Å². The second-order valence-corrected chi connectivity index (χ2v) is 9.27. The van der Waals surface area contributed by atoms with E-state index in [2.05, 4.69) is 5.32 Å². The molecule has 2 N–H and O–H groups in total. The fraction of sp³-hybridized carbons (Fsp3) is 0.273. The van der Waals surface area contributed by atoms with Gasteiger partial charge in [0.25, 0.3) is 0 Å². The van der Waals surface area contributed by atoms with Crippen molar-refractivity contribution in [2.45, 2.75) is 25.7 Å². The molecule has 0 spiro atoms. The number of hydrogen-bond donors (Lipinski definition) is 2. The smallest absolute Gasteiger partial charge is 0.165 e. The lowest BCUT2D eigenvalue weighted by atomic mass is 10.1. The number of ether oxygens (including phenoxy) is 5. The summed E-state index contributed by atoms with van der Waals surface area (Å²) in [7, 11) is 3.25. The predicted octanol–water partition coefficient (Wildman–Crippen LogP) is 5.43. The van der Waals surface area contributed by atoms with Crippen LogP contribution in [0.15, 0.2) is 97.1 Å². The van der Waals surface area contributed by atoms with Crippen molar-refractivity contribution < 1.29 is 28.8 Å². The van der Waals surface area contributed by atoms with Crippen molar-refractivity contribution in [3.8, 4) is 28.7 Å². The van der Waals surface area contributed by atoms with Crippen molar-refractivity contribution in [3.05, 3.63) is 114 Å². The second kappa shape index (κ2) is 15.4. The van der Waals surface area contributed by atoms with Gasteiger partial charge in [0.05, 0.1) is 14.2 Å². The molecule has 1 atom stereocenters. The zero-order chi connectivity index (χ0) is 28.0. The van der Waals surface area contributed by atoms with Gasteiger partial charge in [-0.3, -0.25) is 0 Å². The van der Waals surface area contributed by atoms with E-state index in [-0.39, 0.29) is 6.61 Å². The van der Waals surface area contributed by atoms with E-state index in [1.807, 2.05) is 91.0 Å². The number of rotatable bonds is 16. The average molecular weight is 544 g/mol. The van der Waals surface area contributed by atoms with Gasteiger partial charge in [-0.15, -0.1) is 0 Å². The van der Waals surface area contributed by atoms with Gasteiger partial charge in [0.2, 0.25) is 0 Å². The summed E-state index contributed by atoms with van der Waals surface area (Å²) in [6, 6.07) is 31.3. The van der Waals surface area contributed by atoms with Gasteiger partial charge in [0, 0.05) is 12.6 Å². The molecular weight excluding hydrogens is 506 g/mol. The fourth-order valence-corrected chi connectivity index (χ4v) is 4.07. The Bertz CT molecular complexity index is 1300. The van der Waals surface area contributed by atoms with E-state index in [1.54, 1.807) is 20.3 Å². The summed E-state index contributed by atoms with van der Waals surface area (Å²) in [5.41, 5.74) is 3.24. The molecule has 0 heterocycles. The summed E-state index contributed by atoms with van der Waals surface area (Å²) in [4.78, 5) is 0. The van der Waals surface area contributed by atoms with Crippen LogP contribution in [0.25, 0.3) is 0 Å². The average Bonchev–Trinajstić information content (AvgIpc) is 3.01. The van der Waals surface area contributed by atoms with Crippen molar-refractivity contribution >= 4 is 0 Å². The first-order valence-electron chi connectivity index (χ1n) is 13.3. The van der Waals surface area contributed by atoms with Gasteiger partial charge in [-0.05, 0) is 53.9 Å². The Hall–Kier alpha value is -4.20. The minimum Gasteiger partial charge on any atom is -0.493 e. The lowest BCUT2D eigenvalue weighted by molar-refractivity contribution is 0.106. The zero-order valence-electron chi connectivity index (χ0n) is 23.0. The highest BCUT2D eigenvalue weighted by Gasteiger charge is 2.11. The van der Waals surface area contributed by atoms with E-state index in [9.17, 15) is 5.11 Å². The van der Waals surface area contributed by atoms with Crippen molar-refractivity contribution in [1.82, 2.24) is 5.32 Å². The molecule has 4 aromatic rings. The minimum atomic E-state index is -0.673. The number of aliphatic hydroxyl groups excluding tert-OH is 1. The highest BCUT2D eigenvalue weighted by molar-refractivity contribution is 5.46. The molecule has 210 valence electrons. The summed E-state index contributed by atoms with van der Waals surface area (Å²) in [5, 5.41) is 13.7. The molecule has 0 saturated heterocycles. The topological polar surface area (TPSA) is 78.4 Å². The van der Waals surface area contributed by atoms with Gasteiger partial charge in [-0.25, -0.2) is 0 Å². The van der Waals surface area contributed by atoms with Crippen LogP contribution in [0.2, 0.25) is 0 Å². The lowest BCUT2D eigenvalue weighted by Crippen LogP contribution is -2.32. The van der Waals surface area contributed by atoms with Crippen LogP contribution in [0.4, 0.5) is 0 Å². The van der Waals surface area contributed by atoms with Crippen LogP contribution in [0.5, 0.6) is 28.7 Å². The van der Waals surface area contributed by atoms with E-state index in [4.69, 9.17) is 23.7 Å². The number of nitrogens with one attached hydrogen (secondary N) is 1. The molecule has 0 unspecified atom stereocenters. The lowest BCUT2D eigenvalue weighted by Gasteiger charge is -2.17. The zero-order valence-corrected chi connectivity index (χ0v) is 23.0. The second-order valence-electron chi connectivity index (χ2n) is 9.27. The maximum atomic E-state index is 10.5. The highest BCUT2D eigenvalue weighted by Crippen LogP contribution is 2.33. The van der Waals surface area contributed by atoms with E-state index in [1.165, 1.54) is 0 Å². The molecule has 4 aromatic carbocycles. The van der Waals surface area contributed by atoms with Gasteiger partial charge < -0.3 is 34.1 Å². The molecule has 0 amide bonds. The quantitative estimate of drug-likeness (QED) is 0.182. The Balaban J connectivity index is 1.28. The van der Waals surface area contributed by atoms with Gasteiger partial charge in [-0.2, -0.15) is 0 Å². The SMILES string of the molecule is COc1ccc(CCNC[C@H](O)COc2ccc(OCc3ccccc3)c(OCc3ccccc3)c2)cc1OC. The Morgan fingerprint density at radius 3 is 1.90 bits per heavy atom. The van der Waals surface area contributed by atoms with Crippen LogP contribution in [-0.4, -0.2) is 45.1 Å². The number of methoxy groups -OCH3 is 2. The molecule has 0 aliphatic rings. The first-order chi connectivity index (χ1) is 19.6. The largest absolute Gasteiger partial charge is 0.493 e. The van der Waals surface area contributed by atoms with Crippen molar-refractivity contribution in [2.75, 3.05) is 33.9 Å². The van der Waals surface area contributed by atoms with Gasteiger partial charge in [0.1, 0.15) is 31.7 Å². The number of hydrogen-bond acceptors (Lipinski definition) is 7.